The van der Waals surface area contributed by atoms with E-state index in [4.69, 9.17) is 0 Å². The van der Waals surface area contributed by atoms with Crippen LogP contribution in [0.15, 0.2) is 5.10 Å². The Morgan fingerprint density at radius 1 is 1.25 bits per heavy atom. The minimum absolute atomic E-state index is 0.0356. The third kappa shape index (κ3) is 6.73. The monoisotopic (exact) mass is 171 g/mol. The first-order chi connectivity index (χ1) is 5.52. The van der Waals surface area contributed by atoms with Crippen molar-refractivity contribution in [2.75, 3.05) is 6.54 Å². The highest BCUT2D eigenvalue weighted by Crippen LogP contribution is 1.70. The zero-order valence-corrected chi connectivity index (χ0v) is 7.47. The van der Waals surface area contributed by atoms with Crippen LogP contribution in [0.1, 0.15) is 20.8 Å². The molecule has 2 N–H and O–H groups in total. The summed E-state index contributed by atoms with van der Waals surface area (Å²) in [5.41, 5.74) is 3.03. The molecule has 0 spiro atoms. The summed E-state index contributed by atoms with van der Waals surface area (Å²) in [6.07, 6.45) is 0. The molecule has 12 heavy (non-hydrogen) atoms. The highest BCUT2D eigenvalue weighted by Gasteiger charge is 1.98. The zero-order valence-electron chi connectivity index (χ0n) is 7.47. The van der Waals surface area contributed by atoms with Gasteiger partial charge in [-0.25, -0.2) is 5.43 Å². The van der Waals surface area contributed by atoms with Gasteiger partial charge in [0, 0.05) is 12.6 Å². The summed E-state index contributed by atoms with van der Waals surface area (Å²) in [6.45, 7) is 4.84. The average molecular weight is 171 g/mol. The second-order valence-electron chi connectivity index (χ2n) is 2.50. The second kappa shape index (κ2) is 5.29. The molecule has 0 aliphatic rings. The van der Waals surface area contributed by atoms with Crippen molar-refractivity contribution >= 4 is 17.5 Å². The zero-order chi connectivity index (χ0) is 9.56. The number of nitrogens with zero attached hydrogens (tertiary/aromatic N) is 1. The summed E-state index contributed by atoms with van der Waals surface area (Å²) >= 11 is 0. The lowest BCUT2D eigenvalue weighted by Crippen LogP contribution is -2.33. The molecule has 2 amide bonds. The van der Waals surface area contributed by atoms with E-state index in [9.17, 15) is 9.59 Å². The van der Waals surface area contributed by atoms with Gasteiger partial charge < -0.3 is 5.32 Å². The summed E-state index contributed by atoms with van der Waals surface area (Å²) in [7, 11) is 0. The van der Waals surface area contributed by atoms with Crippen molar-refractivity contribution < 1.29 is 9.59 Å². The molecular formula is C7H13N3O2. The van der Waals surface area contributed by atoms with Crippen LogP contribution in [0.3, 0.4) is 0 Å². The van der Waals surface area contributed by atoms with Crippen LogP contribution in [0.5, 0.6) is 0 Å². The Bertz CT molecular complexity index is 207. The Labute approximate surface area is 71.2 Å². The number of amides is 2. The van der Waals surface area contributed by atoms with Gasteiger partial charge in [0.2, 0.25) is 5.91 Å². The maximum Gasteiger partial charge on any atom is 0.259 e. The first-order valence-corrected chi connectivity index (χ1v) is 3.56. The van der Waals surface area contributed by atoms with Crippen LogP contribution in [0.2, 0.25) is 0 Å². The van der Waals surface area contributed by atoms with Crippen molar-refractivity contribution in [3.63, 3.8) is 0 Å². The van der Waals surface area contributed by atoms with Gasteiger partial charge in [-0.3, -0.25) is 9.59 Å². The first-order valence-electron chi connectivity index (χ1n) is 3.56. The molecule has 0 radical (unpaired) electrons. The topological polar surface area (TPSA) is 70.6 Å². The fraction of sp³-hybridized carbons (Fsp3) is 0.571. The van der Waals surface area contributed by atoms with Crippen molar-refractivity contribution in [2.24, 2.45) is 5.10 Å². The molecule has 5 heteroatoms. The van der Waals surface area contributed by atoms with E-state index in [1.807, 2.05) is 0 Å². The molecule has 5 nitrogen and oxygen atoms in total. The molecule has 0 bridgehead atoms. The van der Waals surface area contributed by atoms with Gasteiger partial charge in [-0.1, -0.05) is 0 Å². The van der Waals surface area contributed by atoms with Crippen molar-refractivity contribution in [3.8, 4) is 0 Å². The standard InChI is InChI=1S/C7H13N3O2/c1-5(2)9-10-7(12)4-8-6(3)11/h4H2,1-3H3,(H,8,11)(H,10,12). The number of nitrogens with one attached hydrogen (secondary N) is 2. The van der Waals surface area contributed by atoms with E-state index in [0.717, 1.165) is 5.71 Å². The SMILES string of the molecule is CC(=O)NCC(=O)NN=C(C)C. The van der Waals surface area contributed by atoms with E-state index in [2.05, 4.69) is 15.8 Å². The Kier molecular flexibility index (Phi) is 4.67. The predicted molar refractivity (Wildman–Crippen MR) is 45.6 cm³/mol. The van der Waals surface area contributed by atoms with Crippen molar-refractivity contribution in [1.82, 2.24) is 10.7 Å². The van der Waals surface area contributed by atoms with E-state index >= 15 is 0 Å². The lowest BCUT2D eigenvalue weighted by Gasteiger charge is -2.00. The third-order valence-electron chi connectivity index (χ3n) is 0.902. The molecule has 0 rings (SSSR count). The number of hydrazone groups is 1. The largest absolute Gasteiger partial charge is 0.347 e. The van der Waals surface area contributed by atoms with Crippen molar-refractivity contribution in [1.29, 1.82) is 0 Å². The summed E-state index contributed by atoms with van der Waals surface area (Å²) < 4.78 is 0. The quantitative estimate of drug-likeness (QED) is 0.449. The lowest BCUT2D eigenvalue weighted by atomic mass is 10.5. The highest BCUT2D eigenvalue weighted by atomic mass is 16.2. The number of carbonyl (C=O) groups is 2. The molecule has 68 valence electrons. The highest BCUT2D eigenvalue weighted by molar-refractivity contribution is 5.85. The fourth-order valence-corrected chi connectivity index (χ4v) is 0.418. The number of rotatable bonds is 3. The van der Waals surface area contributed by atoms with Gasteiger partial charge in [0.05, 0.1) is 6.54 Å². The minimum Gasteiger partial charge on any atom is -0.347 e. The van der Waals surface area contributed by atoms with Gasteiger partial charge in [-0.2, -0.15) is 5.10 Å². The van der Waals surface area contributed by atoms with E-state index in [1.54, 1.807) is 13.8 Å². The van der Waals surface area contributed by atoms with Crippen LogP contribution in [-0.4, -0.2) is 24.1 Å². The Morgan fingerprint density at radius 3 is 2.25 bits per heavy atom. The smallest absolute Gasteiger partial charge is 0.259 e. The molecule has 0 aromatic carbocycles. The molecule has 0 unspecified atom stereocenters. The second-order valence-corrected chi connectivity index (χ2v) is 2.50. The van der Waals surface area contributed by atoms with Crippen LogP contribution in [0, 0.1) is 0 Å². The van der Waals surface area contributed by atoms with E-state index in [0.29, 0.717) is 0 Å². The Hall–Kier alpha value is -1.39. The summed E-state index contributed by atoms with van der Waals surface area (Å²) in [5, 5.41) is 6.02. The predicted octanol–water partition coefficient (Wildman–Crippen LogP) is -0.365. The molecule has 0 aromatic heterocycles. The number of hydrogen-bond donors (Lipinski definition) is 2. The summed E-state index contributed by atoms with van der Waals surface area (Å²) in [4.78, 5) is 21.2. The summed E-state index contributed by atoms with van der Waals surface area (Å²) in [5.74, 6) is -0.561. The Morgan fingerprint density at radius 2 is 1.83 bits per heavy atom. The van der Waals surface area contributed by atoms with E-state index in [-0.39, 0.29) is 18.4 Å². The molecule has 0 fully saturated rings. The van der Waals surface area contributed by atoms with Crippen LogP contribution in [-0.2, 0) is 9.59 Å². The Balaban J connectivity index is 3.61. The number of carbonyl (C=O) groups excluding carboxylic acids is 2. The van der Waals surface area contributed by atoms with E-state index in [1.165, 1.54) is 6.92 Å². The molecular weight excluding hydrogens is 158 g/mol. The van der Waals surface area contributed by atoms with Crippen LogP contribution < -0.4 is 10.7 Å². The maximum absolute atomic E-state index is 10.8. The molecule has 0 saturated carbocycles. The van der Waals surface area contributed by atoms with Crippen molar-refractivity contribution in [3.05, 3.63) is 0 Å². The molecule has 0 aliphatic carbocycles. The van der Waals surface area contributed by atoms with Gasteiger partial charge in [0.1, 0.15) is 0 Å². The van der Waals surface area contributed by atoms with Crippen LogP contribution >= 0.6 is 0 Å². The third-order valence-corrected chi connectivity index (χ3v) is 0.902. The fourth-order valence-electron chi connectivity index (χ4n) is 0.418. The molecule has 0 aromatic rings. The van der Waals surface area contributed by atoms with Crippen molar-refractivity contribution in [2.45, 2.75) is 20.8 Å². The van der Waals surface area contributed by atoms with Gasteiger partial charge in [-0.15, -0.1) is 0 Å². The minimum atomic E-state index is -0.327. The maximum atomic E-state index is 10.8. The molecule has 0 aliphatic heterocycles. The first kappa shape index (κ1) is 10.6. The number of hydrogen-bond acceptors (Lipinski definition) is 3. The van der Waals surface area contributed by atoms with Crippen LogP contribution in [0.25, 0.3) is 0 Å². The molecule has 0 atom stereocenters. The van der Waals surface area contributed by atoms with E-state index < -0.39 is 0 Å². The molecule has 0 heterocycles. The average Bonchev–Trinajstić information content (AvgIpc) is 1.96. The van der Waals surface area contributed by atoms with Gasteiger partial charge in [-0.05, 0) is 13.8 Å². The van der Waals surface area contributed by atoms with Gasteiger partial charge in [0.25, 0.3) is 5.91 Å². The normalized spacial score (nSPS) is 8.58. The molecule has 0 saturated heterocycles. The summed E-state index contributed by atoms with van der Waals surface area (Å²) in [6, 6.07) is 0. The van der Waals surface area contributed by atoms with Gasteiger partial charge >= 0.3 is 0 Å². The lowest BCUT2D eigenvalue weighted by molar-refractivity contribution is -0.125. The van der Waals surface area contributed by atoms with Gasteiger partial charge in [0.15, 0.2) is 0 Å². The van der Waals surface area contributed by atoms with Crippen LogP contribution in [0.4, 0.5) is 0 Å².